The van der Waals surface area contributed by atoms with Crippen molar-refractivity contribution in [1.29, 1.82) is 0 Å². The Kier molecular flexibility index (Phi) is 6.63. The number of aryl methyl sites for hydroxylation is 2. The number of hydrogen-bond acceptors (Lipinski definition) is 4. The zero-order valence-corrected chi connectivity index (χ0v) is 16.1. The molecule has 1 saturated heterocycles. The Bertz CT molecular complexity index is 744. The van der Waals surface area contributed by atoms with E-state index in [0.717, 1.165) is 36.9 Å². The van der Waals surface area contributed by atoms with Crippen LogP contribution in [0.4, 0.5) is 0 Å². The molecule has 1 aliphatic heterocycles. The average Bonchev–Trinajstić information content (AvgIpc) is 3.01. The Morgan fingerprint density at radius 1 is 1.33 bits per heavy atom. The van der Waals surface area contributed by atoms with Crippen LogP contribution in [0.25, 0.3) is 0 Å². The maximum Gasteiger partial charge on any atom is 0.217 e. The monoisotopic (exact) mass is 371 g/mol. The van der Waals surface area contributed by atoms with Gasteiger partial charge in [-0.15, -0.1) is 0 Å². The summed E-state index contributed by atoms with van der Waals surface area (Å²) in [6, 6.07) is 10.5. The highest BCUT2D eigenvalue weighted by Gasteiger charge is 2.32. The highest BCUT2D eigenvalue weighted by molar-refractivity contribution is 5.73. The van der Waals surface area contributed by atoms with E-state index in [1.54, 1.807) is 11.6 Å². The fraction of sp³-hybridized carbons (Fsp3) is 0.524. The van der Waals surface area contributed by atoms with E-state index < -0.39 is 0 Å². The predicted octanol–water partition coefficient (Wildman–Crippen LogP) is 2.54. The van der Waals surface area contributed by atoms with Crippen molar-refractivity contribution < 1.29 is 14.6 Å². The summed E-state index contributed by atoms with van der Waals surface area (Å²) in [6.45, 7) is 4.06. The van der Waals surface area contributed by atoms with E-state index >= 15 is 0 Å². The molecule has 1 fully saturated rings. The molecule has 1 aromatic heterocycles. The van der Waals surface area contributed by atoms with Crippen LogP contribution in [0.3, 0.4) is 0 Å². The second-order valence-electron chi connectivity index (χ2n) is 7.30. The first-order valence-electron chi connectivity index (χ1n) is 9.66. The van der Waals surface area contributed by atoms with Gasteiger partial charge in [0.05, 0.1) is 31.1 Å². The number of aliphatic hydroxyl groups excluding tert-OH is 1. The minimum absolute atomic E-state index is 0.00448. The van der Waals surface area contributed by atoms with Gasteiger partial charge in [-0.25, -0.2) is 0 Å². The molecule has 2 heterocycles. The van der Waals surface area contributed by atoms with Gasteiger partial charge in [0, 0.05) is 24.7 Å². The number of carbonyl (C=O) groups excluding carboxylic acids is 1. The summed E-state index contributed by atoms with van der Waals surface area (Å²) >= 11 is 0. The van der Waals surface area contributed by atoms with Gasteiger partial charge < -0.3 is 15.2 Å². The molecule has 6 heteroatoms. The molecule has 0 aliphatic carbocycles. The molecule has 27 heavy (non-hydrogen) atoms. The van der Waals surface area contributed by atoms with E-state index in [2.05, 4.69) is 34.7 Å². The largest absolute Gasteiger partial charge is 0.394 e. The summed E-state index contributed by atoms with van der Waals surface area (Å²) in [6.07, 6.45) is 5.39. The van der Waals surface area contributed by atoms with Crippen LogP contribution in [0.15, 0.2) is 36.5 Å². The second kappa shape index (κ2) is 9.15. The molecule has 0 spiro atoms. The zero-order chi connectivity index (χ0) is 19.2. The van der Waals surface area contributed by atoms with Gasteiger partial charge in [-0.3, -0.25) is 9.48 Å². The fourth-order valence-electron chi connectivity index (χ4n) is 3.85. The van der Waals surface area contributed by atoms with Crippen molar-refractivity contribution in [2.45, 2.75) is 64.3 Å². The topological polar surface area (TPSA) is 76.4 Å². The van der Waals surface area contributed by atoms with E-state index in [0.29, 0.717) is 6.54 Å². The number of ether oxygens (including phenoxy) is 1. The van der Waals surface area contributed by atoms with Gasteiger partial charge >= 0.3 is 0 Å². The molecule has 1 amide bonds. The SMILES string of the molecule is CC(=O)N[C@@H]1C[C@H](CCc2ccccc2)O[C@H](c2cn(CCO)nc2C)C1. The van der Waals surface area contributed by atoms with Crippen molar-refractivity contribution in [3.63, 3.8) is 0 Å². The Morgan fingerprint density at radius 2 is 2.11 bits per heavy atom. The maximum absolute atomic E-state index is 11.6. The summed E-state index contributed by atoms with van der Waals surface area (Å²) in [5.74, 6) is -0.00448. The standard InChI is InChI=1S/C21H29N3O3/c1-15-20(14-24(23-15)10-11-25)21-13-18(22-16(2)26)12-19(27-21)9-8-17-6-4-3-5-7-17/h3-7,14,18-19,21,25H,8-13H2,1-2H3,(H,22,26)/t18-,19+,21+/m1/s1. The molecule has 2 N–H and O–H groups in total. The maximum atomic E-state index is 11.6. The molecule has 0 saturated carbocycles. The van der Waals surface area contributed by atoms with E-state index in [1.807, 2.05) is 19.2 Å². The van der Waals surface area contributed by atoms with Gasteiger partial charge in [0.25, 0.3) is 0 Å². The lowest BCUT2D eigenvalue weighted by atomic mass is 9.92. The van der Waals surface area contributed by atoms with Gasteiger partial charge in [-0.2, -0.15) is 5.10 Å². The van der Waals surface area contributed by atoms with Crippen LogP contribution in [-0.4, -0.2) is 39.5 Å². The highest BCUT2D eigenvalue weighted by Crippen LogP contribution is 2.34. The fourth-order valence-corrected chi connectivity index (χ4v) is 3.85. The van der Waals surface area contributed by atoms with E-state index in [9.17, 15) is 4.79 Å². The van der Waals surface area contributed by atoms with Crippen LogP contribution in [0, 0.1) is 6.92 Å². The molecule has 1 aliphatic rings. The van der Waals surface area contributed by atoms with Crippen LogP contribution in [-0.2, 0) is 22.5 Å². The Morgan fingerprint density at radius 3 is 2.81 bits per heavy atom. The number of benzene rings is 1. The number of nitrogens with one attached hydrogen (secondary N) is 1. The summed E-state index contributed by atoms with van der Waals surface area (Å²) in [5, 5.41) is 16.7. The first kappa shape index (κ1) is 19.6. The molecule has 0 radical (unpaired) electrons. The minimum atomic E-state index is -0.0937. The zero-order valence-electron chi connectivity index (χ0n) is 16.1. The summed E-state index contributed by atoms with van der Waals surface area (Å²) in [7, 11) is 0. The molecule has 0 bridgehead atoms. The number of aromatic nitrogens is 2. The summed E-state index contributed by atoms with van der Waals surface area (Å²) in [5.41, 5.74) is 3.26. The van der Waals surface area contributed by atoms with Crippen LogP contribution < -0.4 is 5.32 Å². The van der Waals surface area contributed by atoms with Crippen molar-refractivity contribution in [3.05, 3.63) is 53.3 Å². The number of rotatable bonds is 7. The second-order valence-corrected chi connectivity index (χ2v) is 7.30. The van der Waals surface area contributed by atoms with Crippen LogP contribution in [0.2, 0.25) is 0 Å². The molecule has 3 rings (SSSR count). The molecule has 3 atom stereocenters. The van der Waals surface area contributed by atoms with Crippen molar-refractivity contribution >= 4 is 5.91 Å². The third-order valence-corrected chi connectivity index (χ3v) is 5.07. The number of amides is 1. The molecule has 2 aromatic rings. The van der Waals surface area contributed by atoms with Crippen molar-refractivity contribution in [1.82, 2.24) is 15.1 Å². The van der Waals surface area contributed by atoms with Gasteiger partial charge in [0.1, 0.15) is 0 Å². The van der Waals surface area contributed by atoms with Crippen LogP contribution in [0.1, 0.15) is 49.1 Å². The number of hydrogen-bond donors (Lipinski definition) is 2. The van der Waals surface area contributed by atoms with Crippen molar-refractivity contribution in [2.75, 3.05) is 6.61 Å². The molecule has 6 nitrogen and oxygen atoms in total. The summed E-state index contributed by atoms with van der Waals surface area (Å²) in [4.78, 5) is 11.6. The highest BCUT2D eigenvalue weighted by atomic mass is 16.5. The van der Waals surface area contributed by atoms with Gasteiger partial charge in [0.2, 0.25) is 5.91 Å². The molecular weight excluding hydrogens is 342 g/mol. The first-order chi connectivity index (χ1) is 13.0. The van der Waals surface area contributed by atoms with E-state index in [4.69, 9.17) is 9.84 Å². The molecular formula is C21H29N3O3. The first-order valence-corrected chi connectivity index (χ1v) is 9.66. The Labute approximate surface area is 160 Å². The van der Waals surface area contributed by atoms with Crippen LogP contribution in [0.5, 0.6) is 0 Å². The smallest absolute Gasteiger partial charge is 0.217 e. The van der Waals surface area contributed by atoms with E-state index in [-0.39, 0.29) is 30.8 Å². The minimum Gasteiger partial charge on any atom is -0.394 e. The lowest BCUT2D eigenvalue weighted by molar-refractivity contribution is -0.122. The van der Waals surface area contributed by atoms with Gasteiger partial charge in [-0.05, 0) is 38.2 Å². The van der Waals surface area contributed by atoms with Gasteiger partial charge in [0.15, 0.2) is 0 Å². The average molecular weight is 371 g/mol. The molecule has 1 aromatic carbocycles. The summed E-state index contributed by atoms with van der Waals surface area (Å²) < 4.78 is 8.17. The quantitative estimate of drug-likeness (QED) is 0.784. The third kappa shape index (κ3) is 5.40. The van der Waals surface area contributed by atoms with E-state index in [1.165, 1.54) is 5.56 Å². The predicted molar refractivity (Wildman–Crippen MR) is 103 cm³/mol. The lowest BCUT2D eigenvalue weighted by Gasteiger charge is -2.36. The molecule has 146 valence electrons. The van der Waals surface area contributed by atoms with Crippen LogP contribution >= 0.6 is 0 Å². The number of nitrogens with zero attached hydrogens (tertiary/aromatic N) is 2. The normalized spacial score (nSPS) is 22.6. The Hall–Kier alpha value is -2.18. The number of carbonyl (C=O) groups is 1. The number of aliphatic hydroxyl groups is 1. The Balaban J connectivity index is 1.71. The molecule has 0 unspecified atom stereocenters. The van der Waals surface area contributed by atoms with Gasteiger partial charge in [-0.1, -0.05) is 30.3 Å². The van der Waals surface area contributed by atoms with Crippen molar-refractivity contribution in [2.24, 2.45) is 0 Å². The third-order valence-electron chi connectivity index (χ3n) is 5.07. The van der Waals surface area contributed by atoms with Crippen molar-refractivity contribution in [3.8, 4) is 0 Å². The lowest BCUT2D eigenvalue weighted by Crippen LogP contribution is -2.42.